The molecule has 0 aliphatic rings. The first-order chi connectivity index (χ1) is 9.81. The van der Waals surface area contributed by atoms with Crippen LogP contribution in [-0.4, -0.2) is 46.0 Å². The second-order valence-corrected chi connectivity index (χ2v) is 6.65. The molecule has 0 saturated heterocycles. The van der Waals surface area contributed by atoms with Crippen molar-refractivity contribution in [2.45, 2.75) is 4.90 Å². The minimum atomic E-state index is -4.16. The first kappa shape index (κ1) is 17.6. The van der Waals surface area contributed by atoms with Crippen molar-refractivity contribution in [1.29, 1.82) is 0 Å². The van der Waals surface area contributed by atoms with E-state index in [-0.39, 0.29) is 25.3 Å². The largest absolute Gasteiger partial charge is 0.383 e. The lowest BCUT2D eigenvalue weighted by atomic mass is 10.2. The van der Waals surface area contributed by atoms with Crippen LogP contribution in [0.5, 0.6) is 0 Å². The Morgan fingerprint density at radius 1 is 1.52 bits per heavy atom. The normalized spacial score (nSPS) is 11.2. The lowest BCUT2D eigenvalue weighted by molar-refractivity contribution is 0.0714. The van der Waals surface area contributed by atoms with E-state index in [0.717, 1.165) is 18.2 Å². The molecule has 0 unspecified atom stereocenters. The highest BCUT2D eigenvalue weighted by atomic mass is 35.7. The van der Waals surface area contributed by atoms with Crippen LogP contribution in [0.3, 0.4) is 0 Å². The molecule has 0 saturated carbocycles. The number of hydrogen-bond donors (Lipinski definition) is 0. The van der Waals surface area contributed by atoms with Gasteiger partial charge in [-0.05, 0) is 18.2 Å². The average molecular weight is 336 g/mol. The SMILES string of the molecule is C=CCN(CCOC)C(=O)c1cc(F)ccc1S(=O)(=O)Cl. The summed E-state index contributed by atoms with van der Waals surface area (Å²) >= 11 is 0. The molecule has 5 nitrogen and oxygen atoms in total. The summed E-state index contributed by atoms with van der Waals surface area (Å²) in [6.07, 6.45) is 1.47. The Kier molecular flexibility index (Phi) is 6.32. The second kappa shape index (κ2) is 7.53. The molecule has 0 bridgehead atoms. The summed E-state index contributed by atoms with van der Waals surface area (Å²) in [6.45, 7) is 4.14. The molecule has 21 heavy (non-hydrogen) atoms. The van der Waals surface area contributed by atoms with E-state index in [1.54, 1.807) is 0 Å². The zero-order chi connectivity index (χ0) is 16.0. The van der Waals surface area contributed by atoms with E-state index in [1.165, 1.54) is 18.1 Å². The maximum atomic E-state index is 13.3. The number of halogens is 2. The van der Waals surface area contributed by atoms with E-state index in [4.69, 9.17) is 15.4 Å². The van der Waals surface area contributed by atoms with Crippen LogP contribution in [0.15, 0.2) is 35.7 Å². The Hall–Kier alpha value is -1.44. The lowest BCUT2D eigenvalue weighted by Gasteiger charge is -2.21. The van der Waals surface area contributed by atoms with Crippen LogP contribution < -0.4 is 0 Å². The molecule has 0 radical (unpaired) electrons. The average Bonchev–Trinajstić information content (AvgIpc) is 2.41. The van der Waals surface area contributed by atoms with Gasteiger partial charge in [0.15, 0.2) is 0 Å². The Morgan fingerprint density at radius 3 is 2.71 bits per heavy atom. The summed E-state index contributed by atoms with van der Waals surface area (Å²) in [5, 5.41) is 0. The van der Waals surface area contributed by atoms with Gasteiger partial charge in [0.05, 0.1) is 17.1 Å². The van der Waals surface area contributed by atoms with Crippen molar-refractivity contribution in [3.63, 3.8) is 0 Å². The van der Waals surface area contributed by atoms with E-state index in [2.05, 4.69) is 6.58 Å². The number of amides is 1. The third-order valence-corrected chi connectivity index (χ3v) is 4.02. The van der Waals surface area contributed by atoms with E-state index in [0.29, 0.717) is 0 Å². The van der Waals surface area contributed by atoms with Crippen LogP contribution >= 0.6 is 10.7 Å². The van der Waals surface area contributed by atoms with Crippen LogP contribution in [-0.2, 0) is 13.8 Å². The number of benzene rings is 1. The van der Waals surface area contributed by atoms with E-state index >= 15 is 0 Å². The Morgan fingerprint density at radius 2 is 2.19 bits per heavy atom. The molecule has 0 N–H and O–H groups in total. The van der Waals surface area contributed by atoms with Crippen molar-refractivity contribution < 1.29 is 22.3 Å². The number of hydrogen-bond acceptors (Lipinski definition) is 4. The highest BCUT2D eigenvalue weighted by molar-refractivity contribution is 8.13. The van der Waals surface area contributed by atoms with E-state index in [1.807, 2.05) is 0 Å². The molecular weight excluding hydrogens is 321 g/mol. The van der Waals surface area contributed by atoms with Crippen LogP contribution in [0, 0.1) is 5.82 Å². The molecule has 0 atom stereocenters. The molecule has 8 heteroatoms. The molecule has 1 rings (SSSR count). The number of carbonyl (C=O) groups excluding carboxylic acids is 1. The fourth-order valence-electron chi connectivity index (χ4n) is 1.69. The van der Waals surface area contributed by atoms with Gasteiger partial charge in [-0.2, -0.15) is 0 Å². The molecule has 1 aromatic rings. The lowest BCUT2D eigenvalue weighted by Crippen LogP contribution is -2.34. The molecule has 1 aromatic carbocycles. The van der Waals surface area contributed by atoms with Crippen LogP contribution in [0.4, 0.5) is 4.39 Å². The van der Waals surface area contributed by atoms with Crippen LogP contribution in [0.2, 0.25) is 0 Å². The molecular formula is C13H15ClFNO4S. The van der Waals surface area contributed by atoms with Gasteiger partial charge >= 0.3 is 0 Å². The number of carbonyl (C=O) groups is 1. The second-order valence-electron chi connectivity index (χ2n) is 4.11. The summed E-state index contributed by atoms with van der Waals surface area (Å²) < 4.78 is 41.2. The summed E-state index contributed by atoms with van der Waals surface area (Å²) in [7, 11) is 2.58. The Bertz CT molecular complexity index is 633. The highest BCUT2D eigenvalue weighted by Crippen LogP contribution is 2.22. The molecule has 116 valence electrons. The fraction of sp³-hybridized carbons (Fsp3) is 0.308. The van der Waals surface area contributed by atoms with Gasteiger partial charge in [0.1, 0.15) is 5.82 Å². The molecule has 1 amide bonds. The highest BCUT2D eigenvalue weighted by Gasteiger charge is 2.24. The Balaban J connectivity index is 3.26. The van der Waals surface area contributed by atoms with E-state index < -0.39 is 25.7 Å². The van der Waals surface area contributed by atoms with Gasteiger partial charge in [0.2, 0.25) is 0 Å². The smallest absolute Gasteiger partial charge is 0.262 e. The molecule has 0 aliphatic carbocycles. The zero-order valence-electron chi connectivity index (χ0n) is 11.4. The predicted octanol–water partition coefficient (Wildman–Crippen LogP) is 2.03. The molecule has 0 aliphatic heterocycles. The molecule has 0 spiro atoms. The summed E-state index contributed by atoms with van der Waals surface area (Å²) in [6, 6.07) is 2.74. The summed E-state index contributed by atoms with van der Waals surface area (Å²) in [4.78, 5) is 13.3. The van der Waals surface area contributed by atoms with E-state index in [9.17, 15) is 17.6 Å². The number of rotatable bonds is 7. The first-order valence-electron chi connectivity index (χ1n) is 5.94. The summed E-state index contributed by atoms with van der Waals surface area (Å²) in [5.74, 6) is -1.39. The van der Waals surface area contributed by atoms with Crippen molar-refractivity contribution in [3.05, 3.63) is 42.2 Å². The van der Waals surface area contributed by atoms with Crippen molar-refractivity contribution in [2.24, 2.45) is 0 Å². The fourth-order valence-corrected chi connectivity index (χ4v) is 2.73. The monoisotopic (exact) mass is 335 g/mol. The molecule has 0 aromatic heterocycles. The molecule has 0 heterocycles. The predicted molar refractivity (Wildman–Crippen MR) is 77.4 cm³/mol. The van der Waals surface area contributed by atoms with Crippen molar-refractivity contribution >= 4 is 25.6 Å². The summed E-state index contributed by atoms with van der Waals surface area (Å²) in [5.41, 5.74) is -0.317. The van der Waals surface area contributed by atoms with Gasteiger partial charge in [-0.1, -0.05) is 6.08 Å². The minimum Gasteiger partial charge on any atom is -0.383 e. The van der Waals surface area contributed by atoms with Crippen LogP contribution in [0.25, 0.3) is 0 Å². The van der Waals surface area contributed by atoms with Gasteiger partial charge in [-0.3, -0.25) is 4.79 Å². The minimum absolute atomic E-state index is 0.167. The maximum Gasteiger partial charge on any atom is 0.262 e. The van der Waals surface area contributed by atoms with Crippen molar-refractivity contribution in [2.75, 3.05) is 26.8 Å². The Labute approximate surface area is 127 Å². The quantitative estimate of drug-likeness (QED) is 0.565. The number of ether oxygens (including phenoxy) is 1. The third-order valence-electron chi connectivity index (χ3n) is 2.64. The van der Waals surface area contributed by atoms with Gasteiger partial charge in [0.25, 0.3) is 15.0 Å². The topological polar surface area (TPSA) is 63.7 Å². The standard InChI is InChI=1S/C13H15ClFNO4S/c1-3-6-16(7-8-20-2)13(17)11-9-10(15)4-5-12(11)21(14,18)19/h3-5,9H,1,6-8H2,2H3. The number of nitrogens with zero attached hydrogens (tertiary/aromatic N) is 1. The van der Waals surface area contributed by atoms with Gasteiger partial charge in [-0.25, -0.2) is 12.8 Å². The number of methoxy groups -OCH3 is 1. The maximum absolute atomic E-state index is 13.3. The first-order valence-corrected chi connectivity index (χ1v) is 8.25. The van der Waals surface area contributed by atoms with Gasteiger partial charge in [0, 0.05) is 30.9 Å². The zero-order valence-corrected chi connectivity index (χ0v) is 13.0. The van der Waals surface area contributed by atoms with Crippen molar-refractivity contribution in [1.82, 2.24) is 4.90 Å². The van der Waals surface area contributed by atoms with Crippen LogP contribution in [0.1, 0.15) is 10.4 Å². The van der Waals surface area contributed by atoms with Gasteiger partial charge < -0.3 is 9.64 Å². The van der Waals surface area contributed by atoms with Gasteiger partial charge in [-0.15, -0.1) is 6.58 Å². The van der Waals surface area contributed by atoms with Crippen molar-refractivity contribution in [3.8, 4) is 0 Å². The molecule has 0 fully saturated rings. The third kappa shape index (κ3) is 4.80.